The number of aliphatic carboxylic acids is 2. The third-order valence-corrected chi connectivity index (χ3v) is 8.63. The molecule has 10 nitrogen and oxygen atoms in total. The lowest BCUT2D eigenvalue weighted by Crippen LogP contribution is -2.65. The number of halogens is 4. The molecule has 14 heteroatoms. The van der Waals surface area contributed by atoms with E-state index in [4.69, 9.17) is 28.9 Å². The maximum Gasteiger partial charge on any atom is 0.364 e. The molecule has 0 spiro atoms. The Bertz CT molecular complexity index is 1440. The molecule has 40 heavy (non-hydrogen) atoms. The van der Waals surface area contributed by atoms with Crippen molar-refractivity contribution >= 4 is 58.0 Å². The average molecular weight is 599 g/mol. The highest BCUT2D eigenvalue weighted by atomic mass is 35.5. The zero-order valence-electron chi connectivity index (χ0n) is 21.8. The minimum Gasteiger partial charge on any atom is -0.478 e. The van der Waals surface area contributed by atoms with Crippen LogP contribution >= 0.6 is 23.2 Å². The first-order valence-corrected chi connectivity index (χ1v) is 13.8. The van der Waals surface area contributed by atoms with Crippen LogP contribution in [0.1, 0.15) is 55.5 Å². The number of carboxylic acids is 2. The number of ketones is 1. The number of allylic oxidation sites excluding steroid dienone is 2. The highest BCUT2D eigenvalue weighted by Crippen LogP contribution is 2.53. The highest BCUT2D eigenvalue weighted by Gasteiger charge is 2.63. The second-order valence-corrected chi connectivity index (χ2v) is 11.0. The molecule has 0 radical (unpaired) electrons. The van der Waals surface area contributed by atoms with E-state index in [9.17, 15) is 24.6 Å². The number of hydrogen-bond donors (Lipinski definition) is 3. The van der Waals surface area contributed by atoms with Crippen LogP contribution in [-0.4, -0.2) is 69.3 Å². The van der Waals surface area contributed by atoms with Crippen molar-refractivity contribution in [1.82, 2.24) is 9.71 Å². The van der Waals surface area contributed by atoms with E-state index in [0.717, 1.165) is 5.01 Å². The van der Waals surface area contributed by atoms with Gasteiger partial charge in [0.15, 0.2) is 28.0 Å². The van der Waals surface area contributed by atoms with Crippen LogP contribution in [0.25, 0.3) is 0 Å². The summed E-state index contributed by atoms with van der Waals surface area (Å²) in [6, 6.07) is 0.592. The summed E-state index contributed by atoms with van der Waals surface area (Å²) >= 11 is 13.4. The molecule has 5 rings (SSSR count). The van der Waals surface area contributed by atoms with Gasteiger partial charge in [-0.05, 0) is 24.4 Å². The molecule has 1 aromatic carbocycles. The molecule has 0 aromatic heterocycles. The second kappa shape index (κ2) is 10.1. The molecule has 1 aliphatic carbocycles. The molecule has 3 aliphatic heterocycles. The van der Waals surface area contributed by atoms with Crippen molar-refractivity contribution in [1.29, 1.82) is 0 Å². The maximum atomic E-state index is 16.1. The van der Waals surface area contributed by atoms with Gasteiger partial charge in [-0.2, -0.15) is 5.01 Å². The molecule has 0 bridgehead atoms. The van der Waals surface area contributed by atoms with Gasteiger partial charge >= 0.3 is 11.9 Å². The Balaban J connectivity index is 1.88. The number of carbonyl (C=O) groups is 3. The van der Waals surface area contributed by atoms with E-state index in [-0.39, 0.29) is 47.0 Å². The van der Waals surface area contributed by atoms with Crippen LogP contribution in [0.3, 0.4) is 0 Å². The van der Waals surface area contributed by atoms with Crippen molar-refractivity contribution < 1.29 is 33.4 Å². The number of nitrogens with zero attached hydrogens (tertiary/aromatic N) is 4. The zero-order chi connectivity index (χ0) is 29.3. The summed E-state index contributed by atoms with van der Waals surface area (Å²) in [4.78, 5) is 40.0. The van der Waals surface area contributed by atoms with Crippen molar-refractivity contribution in [2.24, 2.45) is 10.8 Å². The number of Topliss-reactive ketones (excluding diaryl/α,β-unsaturated/α-hetero) is 1. The predicted molar refractivity (Wildman–Crippen MR) is 145 cm³/mol. The molecule has 4 aliphatic rings. The van der Waals surface area contributed by atoms with Crippen LogP contribution in [-0.2, 0) is 16.0 Å². The van der Waals surface area contributed by atoms with E-state index >= 15 is 8.78 Å². The molecule has 3 heterocycles. The lowest BCUT2D eigenvalue weighted by Gasteiger charge is -2.47. The van der Waals surface area contributed by atoms with E-state index in [1.807, 2.05) is 0 Å². The van der Waals surface area contributed by atoms with E-state index in [2.05, 4.69) is 5.10 Å². The Hall–Kier alpha value is -3.06. The first kappa shape index (κ1) is 28.5. The number of alkyl halides is 1. The summed E-state index contributed by atoms with van der Waals surface area (Å²) in [6.07, 6.45) is 1.46. The average Bonchev–Trinajstić information content (AvgIpc) is 3.67. The number of carbonyl (C=O) groups excluding carboxylic acids is 1. The van der Waals surface area contributed by atoms with Gasteiger partial charge in [0.25, 0.3) is 5.71 Å². The third-order valence-electron chi connectivity index (χ3n) is 7.89. The predicted octanol–water partition coefficient (Wildman–Crippen LogP) is 4.00. The van der Waals surface area contributed by atoms with Crippen LogP contribution in [0.4, 0.5) is 20.2 Å². The van der Waals surface area contributed by atoms with Crippen molar-refractivity contribution in [3.8, 4) is 0 Å². The standard InChI is InChI=1S/C26H27Cl2F2N5O5/c1-3-13-17-16(9-15(19(13)29)33-8-7-11(31)10-33)35(12-5-6-12,32-21(22(17)36)26(39)40)34-23(27)18(25(37)38)14(4-2)20(30)24(34)28/h9,11-12,23H,3-8,10,31H2,1-2H3,(H-,37,38,39,40)/p+1/t11-,23?,35?/m0/s1. The third kappa shape index (κ3) is 4.03. The summed E-state index contributed by atoms with van der Waals surface area (Å²) in [5.41, 5.74) is 2.76. The number of rotatable bonds is 7. The van der Waals surface area contributed by atoms with Gasteiger partial charge in [0.05, 0.1) is 16.8 Å². The molecule has 2 unspecified atom stereocenters. The fourth-order valence-corrected chi connectivity index (χ4v) is 6.73. The lowest BCUT2D eigenvalue weighted by molar-refractivity contribution is -0.134. The Morgan fingerprint density at radius 3 is 2.35 bits per heavy atom. The first-order chi connectivity index (χ1) is 18.9. The van der Waals surface area contributed by atoms with Crippen LogP contribution in [0.15, 0.2) is 33.3 Å². The van der Waals surface area contributed by atoms with Crippen LogP contribution in [0.5, 0.6) is 0 Å². The van der Waals surface area contributed by atoms with Crippen LogP contribution < -0.4 is 15.3 Å². The fourth-order valence-electron chi connectivity index (χ4n) is 5.90. The van der Waals surface area contributed by atoms with Crippen molar-refractivity contribution in [3.63, 3.8) is 0 Å². The SMILES string of the molecule is CCC1=C(C(=O)O)C(Cl)N([N+]2(C3CC3)N=C(C(=O)O)C(=O)c3c2cc(N2CC[C@H](N)C2)c(F)c3CC)C(Cl)=C1F. The molecule has 4 N–H and O–H groups in total. The molecule has 0 amide bonds. The monoisotopic (exact) mass is 598 g/mol. The molecular weight excluding hydrogens is 571 g/mol. The zero-order valence-corrected chi connectivity index (χ0v) is 23.3. The number of benzene rings is 1. The van der Waals surface area contributed by atoms with E-state index in [1.165, 1.54) is 6.07 Å². The summed E-state index contributed by atoms with van der Waals surface area (Å²) in [5, 5.41) is 24.8. The van der Waals surface area contributed by atoms with E-state index < -0.39 is 62.1 Å². The summed E-state index contributed by atoms with van der Waals surface area (Å²) in [7, 11) is 0. The second-order valence-electron chi connectivity index (χ2n) is 10.2. The Labute approximate surface area is 238 Å². The smallest absolute Gasteiger partial charge is 0.364 e. The Morgan fingerprint density at radius 2 is 1.85 bits per heavy atom. The normalized spacial score (nSPS) is 26.9. The molecule has 1 saturated carbocycles. The van der Waals surface area contributed by atoms with Gasteiger partial charge in [-0.15, -0.1) is 0 Å². The topological polar surface area (TPSA) is 137 Å². The molecule has 1 saturated heterocycles. The summed E-state index contributed by atoms with van der Waals surface area (Å²) in [6.45, 7) is 3.94. The van der Waals surface area contributed by atoms with E-state index in [0.29, 0.717) is 32.4 Å². The van der Waals surface area contributed by atoms with Crippen LogP contribution in [0.2, 0.25) is 0 Å². The molecule has 2 fully saturated rings. The molecule has 1 aromatic rings. The van der Waals surface area contributed by atoms with Crippen molar-refractivity contribution in [3.05, 3.63) is 45.1 Å². The molecular formula is C26H28Cl2F2N5O5+. The number of quaternary nitrogens is 1. The minimum atomic E-state index is -1.68. The van der Waals surface area contributed by atoms with Crippen molar-refractivity contribution in [2.45, 2.75) is 63.5 Å². The number of carboxylic acid groups (broad SMARTS) is 2. The minimum absolute atomic E-state index is 0.0215. The first-order valence-electron chi connectivity index (χ1n) is 13.0. The number of nitrogens with two attached hydrogens (primary N) is 1. The van der Waals surface area contributed by atoms with Gasteiger partial charge in [-0.3, -0.25) is 4.79 Å². The van der Waals surface area contributed by atoms with Gasteiger partial charge in [0.2, 0.25) is 5.78 Å². The largest absolute Gasteiger partial charge is 0.478 e. The van der Waals surface area contributed by atoms with E-state index in [1.54, 1.807) is 18.7 Å². The quantitative estimate of drug-likeness (QED) is 0.243. The highest BCUT2D eigenvalue weighted by molar-refractivity contribution is 6.68. The van der Waals surface area contributed by atoms with Gasteiger partial charge in [0.1, 0.15) is 6.04 Å². The van der Waals surface area contributed by atoms with Gasteiger partial charge in [-0.25, -0.2) is 18.4 Å². The summed E-state index contributed by atoms with van der Waals surface area (Å²) in [5.74, 6) is -5.93. The molecule has 214 valence electrons. The summed E-state index contributed by atoms with van der Waals surface area (Å²) < 4.78 is 30.9. The molecule has 3 atom stereocenters. The van der Waals surface area contributed by atoms with Crippen LogP contribution in [0, 0.1) is 5.82 Å². The van der Waals surface area contributed by atoms with Crippen molar-refractivity contribution in [2.75, 3.05) is 18.0 Å². The van der Waals surface area contributed by atoms with Gasteiger partial charge in [-0.1, -0.05) is 41.8 Å². The maximum absolute atomic E-state index is 16.1. The lowest BCUT2D eigenvalue weighted by atomic mass is 9.92. The Kier molecular flexibility index (Phi) is 7.18. The number of anilines is 1. The number of fused-ring (bicyclic) bond motifs is 1. The fraction of sp³-hybridized carbons (Fsp3) is 0.462. The van der Waals surface area contributed by atoms with Gasteiger partial charge < -0.3 is 20.8 Å². The number of hydrogen-bond acceptors (Lipinski definition) is 7. The van der Waals surface area contributed by atoms with Gasteiger partial charge in [0, 0.05) is 49.2 Å². The Morgan fingerprint density at radius 1 is 1.18 bits per heavy atom.